The van der Waals surface area contributed by atoms with Crippen LogP contribution in [0.25, 0.3) is 11.5 Å². The van der Waals surface area contributed by atoms with Crippen molar-refractivity contribution in [3.8, 4) is 11.5 Å². The van der Waals surface area contributed by atoms with Crippen LogP contribution in [0.15, 0.2) is 28.9 Å². The molecule has 0 spiro atoms. The third-order valence-electron chi connectivity index (χ3n) is 2.37. The molecule has 0 atom stereocenters. The standard InChI is InChI=1S/C12H12N4O4/c1-19-10(17)6-14-11(18)8-5-7(15-12(13)16-8)9-3-2-4-20-9/h2-5H,6H2,1H3,(H,14,18)(H2,13,15,16). The molecule has 104 valence electrons. The second-order valence-electron chi connectivity index (χ2n) is 3.73. The smallest absolute Gasteiger partial charge is 0.325 e. The zero-order valence-electron chi connectivity index (χ0n) is 10.6. The van der Waals surface area contributed by atoms with Crippen molar-refractivity contribution in [2.45, 2.75) is 0 Å². The molecule has 0 bridgehead atoms. The first-order chi connectivity index (χ1) is 9.60. The average Bonchev–Trinajstić information content (AvgIpc) is 2.97. The van der Waals surface area contributed by atoms with Gasteiger partial charge in [-0.2, -0.15) is 0 Å². The third kappa shape index (κ3) is 3.10. The Bertz CT molecular complexity index is 624. The molecule has 0 saturated heterocycles. The van der Waals surface area contributed by atoms with Crippen LogP contribution in [0.3, 0.4) is 0 Å². The molecule has 8 heteroatoms. The molecular weight excluding hydrogens is 264 g/mol. The first-order valence-corrected chi connectivity index (χ1v) is 5.63. The number of furan rings is 1. The van der Waals surface area contributed by atoms with Crippen LogP contribution in [-0.2, 0) is 9.53 Å². The number of amides is 1. The molecule has 0 aliphatic rings. The predicted octanol–water partition coefficient (Wildman–Crippen LogP) is 0.222. The summed E-state index contributed by atoms with van der Waals surface area (Å²) in [5, 5.41) is 2.36. The monoisotopic (exact) mass is 276 g/mol. The lowest BCUT2D eigenvalue weighted by Crippen LogP contribution is -2.31. The van der Waals surface area contributed by atoms with Gasteiger partial charge in [-0.1, -0.05) is 0 Å². The summed E-state index contributed by atoms with van der Waals surface area (Å²) in [7, 11) is 1.23. The summed E-state index contributed by atoms with van der Waals surface area (Å²) in [6, 6.07) is 4.78. The maximum absolute atomic E-state index is 11.8. The second kappa shape index (κ2) is 5.83. The maximum atomic E-state index is 11.8. The molecule has 0 saturated carbocycles. The van der Waals surface area contributed by atoms with Gasteiger partial charge in [-0.15, -0.1) is 0 Å². The molecule has 0 unspecified atom stereocenters. The van der Waals surface area contributed by atoms with Crippen LogP contribution in [0.4, 0.5) is 5.95 Å². The molecule has 2 heterocycles. The lowest BCUT2D eigenvalue weighted by Gasteiger charge is -2.05. The number of nitrogens with two attached hydrogens (primary N) is 1. The average molecular weight is 276 g/mol. The molecule has 0 aliphatic heterocycles. The Morgan fingerprint density at radius 1 is 1.45 bits per heavy atom. The van der Waals surface area contributed by atoms with Gasteiger partial charge < -0.3 is 20.2 Å². The predicted molar refractivity (Wildman–Crippen MR) is 68.5 cm³/mol. The Labute approximate surface area is 114 Å². The van der Waals surface area contributed by atoms with Crippen molar-refractivity contribution >= 4 is 17.8 Å². The Hall–Kier alpha value is -2.90. The molecule has 2 rings (SSSR count). The van der Waals surface area contributed by atoms with E-state index in [4.69, 9.17) is 10.2 Å². The second-order valence-corrected chi connectivity index (χ2v) is 3.73. The van der Waals surface area contributed by atoms with E-state index in [1.54, 1.807) is 12.1 Å². The molecule has 0 fully saturated rings. The molecule has 20 heavy (non-hydrogen) atoms. The normalized spacial score (nSPS) is 10.1. The topological polar surface area (TPSA) is 120 Å². The minimum Gasteiger partial charge on any atom is -0.468 e. The number of nitrogen functional groups attached to an aromatic ring is 1. The number of methoxy groups -OCH3 is 1. The van der Waals surface area contributed by atoms with Gasteiger partial charge in [0, 0.05) is 0 Å². The van der Waals surface area contributed by atoms with E-state index in [1.165, 1.54) is 19.4 Å². The highest BCUT2D eigenvalue weighted by Gasteiger charge is 2.14. The number of carbonyl (C=O) groups is 2. The largest absolute Gasteiger partial charge is 0.468 e. The molecule has 1 amide bonds. The van der Waals surface area contributed by atoms with E-state index < -0.39 is 11.9 Å². The first-order valence-electron chi connectivity index (χ1n) is 5.63. The van der Waals surface area contributed by atoms with Gasteiger partial charge in [0.1, 0.15) is 17.9 Å². The molecule has 8 nitrogen and oxygen atoms in total. The summed E-state index contributed by atoms with van der Waals surface area (Å²) in [5.41, 5.74) is 5.97. The fourth-order valence-electron chi connectivity index (χ4n) is 1.45. The molecule has 2 aromatic rings. The number of esters is 1. The van der Waals surface area contributed by atoms with Crippen molar-refractivity contribution in [1.29, 1.82) is 0 Å². The number of carbonyl (C=O) groups excluding carboxylic acids is 2. The molecule has 0 aliphatic carbocycles. The highest BCUT2D eigenvalue weighted by Crippen LogP contribution is 2.18. The number of aromatic nitrogens is 2. The number of hydrogen-bond donors (Lipinski definition) is 2. The zero-order chi connectivity index (χ0) is 14.5. The van der Waals surface area contributed by atoms with Crippen molar-refractivity contribution in [3.63, 3.8) is 0 Å². The van der Waals surface area contributed by atoms with Crippen LogP contribution in [0.2, 0.25) is 0 Å². The summed E-state index contributed by atoms with van der Waals surface area (Å²) in [6.45, 7) is -0.255. The number of anilines is 1. The lowest BCUT2D eigenvalue weighted by atomic mass is 10.2. The lowest BCUT2D eigenvalue weighted by molar-refractivity contribution is -0.139. The van der Waals surface area contributed by atoms with Gasteiger partial charge in [0.15, 0.2) is 5.76 Å². The van der Waals surface area contributed by atoms with Crippen molar-refractivity contribution < 1.29 is 18.7 Å². The summed E-state index contributed by atoms with van der Waals surface area (Å²) in [5.74, 6) is -0.729. The van der Waals surface area contributed by atoms with Gasteiger partial charge >= 0.3 is 5.97 Å². The van der Waals surface area contributed by atoms with E-state index in [1.807, 2.05) is 0 Å². The van der Waals surface area contributed by atoms with Gasteiger partial charge in [-0.25, -0.2) is 9.97 Å². The van der Waals surface area contributed by atoms with Gasteiger partial charge in [0.25, 0.3) is 5.91 Å². The van der Waals surface area contributed by atoms with E-state index in [0.29, 0.717) is 11.5 Å². The fraction of sp³-hybridized carbons (Fsp3) is 0.167. The summed E-state index contributed by atoms with van der Waals surface area (Å²) in [6.07, 6.45) is 1.48. The molecule has 0 aromatic carbocycles. The summed E-state index contributed by atoms with van der Waals surface area (Å²) in [4.78, 5) is 30.6. The Morgan fingerprint density at radius 3 is 2.90 bits per heavy atom. The van der Waals surface area contributed by atoms with Crippen molar-refractivity contribution in [1.82, 2.24) is 15.3 Å². The number of ether oxygens (including phenoxy) is 1. The zero-order valence-corrected chi connectivity index (χ0v) is 10.6. The van der Waals surface area contributed by atoms with Crippen LogP contribution in [0, 0.1) is 0 Å². The number of rotatable bonds is 4. The maximum Gasteiger partial charge on any atom is 0.325 e. The Morgan fingerprint density at radius 2 is 2.25 bits per heavy atom. The van der Waals surface area contributed by atoms with Gasteiger partial charge in [-0.3, -0.25) is 9.59 Å². The Balaban J connectivity index is 2.20. The molecule has 2 aromatic heterocycles. The van der Waals surface area contributed by atoms with Crippen LogP contribution in [0.1, 0.15) is 10.5 Å². The van der Waals surface area contributed by atoms with Crippen LogP contribution in [0.5, 0.6) is 0 Å². The van der Waals surface area contributed by atoms with E-state index >= 15 is 0 Å². The van der Waals surface area contributed by atoms with E-state index in [-0.39, 0.29) is 18.2 Å². The van der Waals surface area contributed by atoms with E-state index in [2.05, 4.69) is 20.0 Å². The third-order valence-corrected chi connectivity index (χ3v) is 2.37. The highest BCUT2D eigenvalue weighted by atomic mass is 16.5. The quantitative estimate of drug-likeness (QED) is 0.766. The van der Waals surface area contributed by atoms with Gasteiger partial charge in [-0.05, 0) is 18.2 Å². The van der Waals surface area contributed by atoms with Crippen LogP contribution < -0.4 is 11.1 Å². The first kappa shape index (κ1) is 13.5. The number of nitrogens with zero attached hydrogens (tertiary/aromatic N) is 2. The van der Waals surface area contributed by atoms with Gasteiger partial charge in [0.2, 0.25) is 5.95 Å². The number of hydrogen-bond acceptors (Lipinski definition) is 7. The van der Waals surface area contributed by atoms with Crippen LogP contribution in [-0.4, -0.2) is 35.5 Å². The van der Waals surface area contributed by atoms with E-state index in [0.717, 1.165) is 0 Å². The van der Waals surface area contributed by atoms with Crippen molar-refractivity contribution in [2.24, 2.45) is 0 Å². The minimum absolute atomic E-state index is 0.0350. The van der Waals surface area contributed by atoms with Crippen molar-refractivity contribution in [3.05, 3.63) is 30.2 Å². The molecular formula is C12H12N4O4. The Kier molecular flexibility index (Phi) is 3.94. The number of nitrogens with one attached hydrogen (secondary N) is 1. The summed E-state index contributed by atoms with van der Waals surface area (Å²) < 4.78 is 9.59. The van der Waals surface area contributed by atoms with Crippen molar-refractivity contribution in [2.75, 3.05) is 19.4 Å². The summed E-state index contributed by atoms with van der Waals surface area (Å²) >= 11 is 0. The van der Waals surface area contributed by atoms with Crippen LogP contribution >= 0.6 is 0 Å². The van der Waals surface area contributed by atoms with E-state index in [9.17, 15) is 9.59 Å². The highest BCUT2D eigenvalue weighted by molar-refractivity contribution is 5.95. The molecule has 0 radical (unpaired) electrons. The van der Waals surface area contributed by atoms with Gasteiger partial charge in [0.05, 0.1) is 13.4 Å². The molecule has 3 N–H and O–H groups in total. The minimum atomic E-state index is -0.563. The fourth-order valence-corrected chi connectivity index (χ4v) is 1.45. The SMILES string of the molecule is COC(=O)CNC(=O)c1cc(-c2ccco2)nc(N)n1.